The SMILES string of the molecule is Cc1cc(C(=O)N2CCN(C)C(C)(C)C2)sc1C#CCO. The summed E-state index contributed by atoms with van der Waals surface area (Å²) >= 11 is 1.41. The van der Waals surface area contributed by atoms with E-state index in [4.69, 9.17) is 5.11 Å². The maximum atomic E-state index is 12.7. The molecule has 1 N–H and O–H groups in total. The predicted molar refractivity (Wildman–Crippen MR) is 85.6 cm³/mol. The van der Waals surface area contributed by atoms with Gasteiger partial charge in [0.15, 0.2) is 0 Å². The lowest BCUT2D eigenvalue weighted by Gasteiger charge is -2.45. The molecule has 0 aliphatic carbocycles. The Morgan fingerprint density at radius 1 is 1.48 bits per heavy atom. The normalized spacial score (nSPS) is 18.2. The van der Waals surface area contributed by atoms with Gasteiger partial charge < -0.3 is 10.0 Å². The third kappa shape index (κ3) is 3.46. The molecular weight excluding hydrogens is 284 g/mol. The van der Waals surface area contributed by atoms with Crippen LogP contribution < -0.4 is 0 Å². The van der Waals surface area contributed by atoms with E-state index in [1.54, 1.807) is 0 Å². The van der Waals surface area contributed by atoms with E-state index in [9.17, 15) is 4.79 Å². The number of rotatable bonds is 1. The summed E-state index contributed by atoms with van der Waals surface area (Å²) in [7, 11) is 2.10. The smallest absolute Gasteiger partial charge is 0.264 e. The molecule has 0 aromatic carbocycles. The highest BCUT2D eigenvalue weighted by Gasteiger charge is 2.34. The highest BCUT2D eigenvalue weighted by atomic mass is 32.1. The van der Waals surface area contributed by atoms with Gasteiger partial charge in [0.2, 0.25) is 0 Å². The van der Waals surface area contributed by atoms with E-state index in [0.717, 1.165) is 35.0 Å². The molecule has 1 saturated heterocycles. The Balaban J connectivity index is 2.17. The van der Waals surface area contributed by atoms with E-state index >= 15 is 0 Å². The van der Waals surface area contributed by atoms with Crippen LogP contribution in [0.25, 0.3) is 0 Å². The van der Waals surface area contributed by atoms with Crippen molar-refractivity contribution >= 4 is 17.2 Å². The maximum Gasteiger partial charge on any atom is 0.264 e. The lowest BCUT2D eigenvalue weighted by atomic mass is 9.99. The van der Waals surface area contributed by atoms with Crippen LogP contribution >= 0.6 is 11.3 Å². The molecule has 2 heterocycles. The molecule has 1 aromatic rings. The molecule has 21 heavy (non-hydrogen) atoms. The van der Waals surface area contributed by atoms with Crippen molar-refractivity contribution in [3.8, 4) is 11.8 Å². The summed E-state index contributed by atoms with van der Waals surface area (Å²) in [4.78, 5) is 18.5. The summed E-state index contributed by atoms with van der Waals surface area (Å²) < 4.78 is 0. The van der Waals surface area contributed by atoms with Gasteiger partial charge in [0.05, 0.1) is 9.75 Å². The van der Waals surface area contributed by atoms with E-state index < -0.39 is 0 Å². The predicted octanol–water partition coefficient (Wildman–Crippen LogP) is 1.57. The van der Waals surface area contributed by atoms with Crippen LogP contribution in [-0.4, -0.2) is 59.6 Å². The fraction of sp³-hybridized carbons (Fsp3) is 0.562. The molecule has 1 fully saturated rings. The first kappa shape index (κ1) is 16.0. The van der Waals surface area contributed by atoms with Gasteiger partial charge in [0, 0.05) is 25.2 Å². The van der Waals surface area contributed by atoms with Crippen molar-refractivity contribution in [3.63, 3.8) is 0 Å². The van der Waals surface area contributed by atoms with E-state index in [1.165, 1.54) is 11.3 Å². The Hall–Kier alpha value is -1.35. The fourth-order valence-corrected chi connectivity index (χ4v) is 3.42. The Morgan fingerprint density at radius 2 is 2.19 bits per heavy atom. The monoisotopic (exact) mass is 306 g/mol. The molecule has 2 rings (SSSR count). The van der Waals surface area contributed by atoms with Crippen LogP contribution in [0, 0.1) is 18.8 Å². The number of hydrogen-bond donors (Lipinski definition) is 1. The number of amides is 1. The van der Waals surface area contributed by atoms with Crippen molar-refractivity contribution < 1.29 is 9.90 Å². The Kier molecular flexibility index (Phi) is 4.72. The van der Waals surface area contributed by atoms with Crippen molar-refractivity contribution in [1.82, 2.24) is 9.80 Å². The Bertz CT molecular complexity index is 595. The molecule has 0 unspecified atom stereocenters. The number of aliphatic hydroxyl groups excluding tert-OH is 1. The average Bonchev–Trinajstić information content (AvgIpc) is 2.80. The second-order valence-corrected chi connectivity index (χ2v) is 7.10. The Labute approximate surface area is 130 Å². The largest absolute Gasteiger partial charge is 0.384 e. The number of nitrogens with zero attached hydrogens (tertiary/aromatic N) is 2. The molecule has 114 valence electrons. The topological polar surface area (TPSA) is 43.8 Å². The van der Waals surface area contributed by atoms with E-state index in [1.807, 2.05) is 17.9 Å². The van der Waals surface area contributed by atoms with Gasteiger partial charge in [-0.25, -0.2) is 0 Å². The molecule has 1 amide bonds. The first-order chi connectivity index (χ1) is 9.85. The standard InChI is InChI=1S/C16H22N2O2S/c1-12-10-14(21-13(12)6-5-9-19)15(20)18-8-7-17(4)16(2,3)11-18/h10,19H,7-9,11H2,1-4H3. The number of thiophene rings is 1. The second-order valence-electron chi connectivity index (χ2n) is 6.04. The minimum atomic E-state index is -0.159. The molecule has 0 bridgehead atoms. The van der Waals surface area contributed by atoms with Crippen molar-refractivity contribution in [2.45, 2.75) is 26.3 Å². The molecule has 1 aliphatic heterocycles. The van der Waals surface area contributed by atoms with Crippen molar-refractivity contribution in [1.29, 1.82) is 0 Å². The second kappa shape index (κ2) is 6.18. The fourth-order valence-electron chi connectivity index (χ4n) is 2.40. The quantitative estimate of drug-likeness (QED) is 0.801. The van der Waals surface area contributed by atoms with Crippen LogP contribution in [0.4, 0.5) is 0 Å². The van der Waals surface area contributed by atoms with Crippen LogP contribution in [0.3, 0.4) is 0 Å². The summed E-state index contributed by atoms with van der Waals surface area (Å²) in [6.07, 6.45) is 0. The van der Waals surface area contributed by atoms with Gasteiger partial charge in [0.25, 0.3) is 5.91 Å². The van der Waals surface area contributed by atoms with E-state index in [2.05, 4.69) is 37.6 Å². The van der Waals surface area contributed by atoms with Crippen LogP contribution in [0.1, 0.15) is 34.0 Å². The summed E-state index contributed by atoms with van der Waals surface area (Å²) in [6, 6.07) is 1.90. The van der Waals surface area contributed by atoms with Crippen LogP contribution in [-0.2, 0) is 0 Å². The molecular formula is C16H22N2O2S. The van der Waals surface area contributed by atoms with Crippen LogP contribution in [0.2, 0.25) is 0 Å². The lowest BCUT2D eigenvalue weighted by molar-refractivity contribution is 0.0315. The number of hydrogen-bond acceptors (Lipinski definition) is 4. The van der Waals surface area contributed by atoms with Crippen molar-refractivity contribution in [2.24, 2.45) is 0 Å². The molecule has 0 spiro atoms. The average molecular weight is 306 g/mol. The van der Waals surface area contributed by atoms with Crippen molar-refractivity contribution in [3.05, 3.63) is 21.4 Å². The van der Waals surface area contributed by atoms with Gasteiger partial charge in [-0.3, -0.25) is 9.69 Å². The first-order valence-corrected chi connectivity index (χ1v) is 7.87. The number of carbonyl (C=O) groups is 1. The lowest BCUT2D eigenvalue weighted by Crippen LogP contribution is -2.58. The van der Waals surface area contributed by atoms with Crippen LogP contribution in [0.15, 0.2) is 6.07 Å². The number of likely N-dealkylation sites (N-methyl/N-ethyl adjacent to an activating group) is 1. The van der Waals surface area contributed by atoms with Gasteiger partial charge in [-0.2, -0.15) is 0 Å². The zero-order valence-electron chi connectivity index (χ0n) is 13.1. The van der Waals surface area contributed by atoms with E-state index in [0.29, 0.717) is 0 Å². The number of piperazine rings is 1. The first-order valence-electron chi connectivity index (χ1n) is 7.06. The molecule has 5 heteroatoms. The summed E-state index contributed by atoms with van der Waals surface area (Å²) in [6.45, 7) is 8.48. The third-order valence-electron chi connectivity index (χ3n) is 4.01. The number of aryl methyl sites for hydroxylation is 1. The summed E-state index contributed by atoms with van der Waals surface area (Å²) in [5.41, 5.74) is 0.998. The van der Waals surface area contributed by atoms with Gasteiger partial charge >= 0.3 is 0 Å². The number of aliphatic hydroxyl groups is 1. The van der Waals surface area contributed by atoms with Gasteiger partial charge in [-0.05, 0) is 39.4 Å². The van der Waals surface area contributed by atoms with Crippen LogP contribution in [0.5, 0.6) is 0 Å². The molecule has 0 atom stereocenters. The minimum Gasteiger partial charge on any atom is -0.384 e. The highest BCUT2D eigenvalue weighted by molar-refractivity contribution is 7.14. The van der Waals surface area contributed by atoms with Crippen molar-refractivity contribution in [2.75, 3.05) is 33.3 Å². The van der Waals surface area contributed by atoms with Gasteiger partial charge in [0.1, 0.15) is 6.61 Å². The zero-order chi connectivity index (χ0) is 15.6. The molecule has 0 radical (unpaired) electrons. The zero-order valence-corrected chi connectivity index (χ0v) is 13.9. The number of carbonyl (C=O) groups excluding carboxylic acids is 1. The molecule has 0 saturated carbocycles. The Morgan fingerprint density at radius 3 is 2.81 bits per heavy atom. The summed E-state index contributed by atoms with van der Waals surface area (Å²) in [5, 5.41) is 8.77. The van der Waals surface area contributed by atoms with E-state index in [-0.39, 0.29) is 18.1 Å². The molecule has 1 aromatic heterocycles. The minimum absolute atomic E-state index is 0.000260. The summed E-state index contributed by atoms with van der Waals surface area (Å²) in [5.74, 6) is 5.63. The van der Waals surface area contributed by atoms with Gasteiger partial charge in [-0.15, -0.1) is 11.3 Å². The molecule has 4 nitrogen and oxygen atoms in total. The highest BCUT2D eigenvalue weighted by Crippen LogP contribution is 2.25. The van der Waals surface area contributed by atoms with Gasteiger partial charge in [-0.1, -0.05) is 11.8 Å². The maximum absolute atomic E-state index is 12.7. The molecule has 1 aliphatic rings. The third-order valence-corrected chi connectivity index (χ3v) is 5.15.